The minimum absolute atomic E-state index is 0.0240. The SMILES string of the molecule is CSCCN1C[C@]2(CC[C@@](c3ccccc3)(N(C)C)CC2)NC1=O. The van der Waals surface area contributed by atoms with Crippen LogP contribution in [0.4, 0.5) is 4.79 Å². The van der Waals surface area contributed by atoms with Crippen molar-refractivity contribution in [3.05, 3.63) is 35.9 Å². The molecule has 1 saturated carbocycles. The molecule has 2 amide bonds. The van der Waals surface area contributed by atoms with E-state index in [0.29, 0.717) is 0 Å². The third kappa shape index (κ3) is 3.16. The third-order valence-corrected chi connectivity index (χ3v) is 6.51. The molecule has 0 bridgehead atoms. The van der Waals surface area contributed by atoms with E-state index >= 15 is 0 Å². The fourth-order valence-electron chi connectivity index (χ4n) is 4.33. The first-order valence-electron chi connectivity index (χ1n) is 8.80. The number of urea groups is 1. The van der Waals surface area contributed by atoms with Gasteiger partial charge in [-0.2, -0.15) is 11.8 Å². The molecule has 1 N–H and O–H groups in total. The molecule has 0 unspecified atom stereocenters. The van der Waals surface area contributed by atoms with Crippen molar-refractivity contribution in [3.63, 3.8) is 0 Å². The van der Waals surface area contributed by atoms with Gasteiger partial charge in [-0.25, -0.2) is 4.79 Å². The number of nitrogens with zero attached hydrogens (tertiary/aromatic N) is 2. The smallest absolute Gasteiger partial charge is 0.317 e. The Balaban J connectivity index is 1.74. The maximum atomic E-state index is 12.3. The van der Waals surface area contributed by atoms with E-state index in [4.69, 9.17) is 0 Å². The van der Waals surface area contributed by atoms with Crippen molar-refractivity contribution in [1.82, 2.24) is 15.1 Å². The van der Waals surface area contributed by atoms with E-state index in [1.54, 1.807) is 11.8 Å². The van der Waals surface area contributed by atoms with Gasteiger partial charge in [0.2, 0.25) is 0 Å². The minimum atomic E-state index is -0.0240. The van der Waals surface area contributed by atoms with Crippen molar-refractivity contribution in [2.45, 2.75) is 36.8 Å². The summed E-state index contributed by atoms with van der Waals surface area (Å²) < 4.78 is 0. The van der Waals surface area contributed by atoms with Gasteiger partial charge in [-0.05, 0) is 51.6 Å². The van der Waals surface area contributed by atoms with Crippen molar-refractivity contribution in [3.8, 4) is 0 Å². The second-order valence-electron chi connectivity index (χ2n) is 7.42. The fourth-order valence-corrected chi connectivity index (χ4v) is 4.74. The van der Waals surface area contributed by atoms with Crippen molar-refractivity contribution < 1.29 is 4.79 Å². The lowest BCUT2D eigenvalue weighted by Crippen LogP contribution is -2.54. The Kier molecular flexibility index (Phi) is 5.11. The Morgan fingerprint density at radius 1 is 1.17 bits per heavy atom. The molecule has 1 aromatic rings. The molecule has 1 aliphatic carbocycles. The van der Waals surface area contributed by atoms with Crippen LogP contribution in [0.5, 0.6) is 0 Å². The first kappa shape index (κ1) is 17.6. The van der Waals surface area contributed by atoms with Crippen LogP contribution in [-0.2, 0) is 5.54 Å². The fraction of sp³-hybridized carbons (Fsp3) is 0.632. The molecule has 4 nitrogen and oxygen atoms in total. The lowest BCUT2D eigenvalue weighted by atomic mass is 9.69. The van der Waals surface area contributed by atoms with E-state index in [-0.39, 0.29) is 17.1 Å². The topological polar surface area (TPSA) is 35.6 Å². The van der Waals surface area contributed by atoms with Crippen molar-refractivity contribution >= 4 is 17.8 Å². The molecule has 1 spiro atoms. The number of rotatable bonds is 5. The molecule has 2 fully saturated rings. The zero-order chi connectivity index (χ0) is 17.2. The quantitative estimate of drug-likeness (QED) is 0.889. The molecule has 132 valence electrons. The number of thioether (sulfide) groups is 1. The first-order valence-corrected chi connectivity index (χ1v) is 10.2. The van der Waals surface area contributed by atoms with Gasteiger partial charge in [0, 0.05) is 24.4 Å². The predicted molar refractivity (Wildman–Crippen MR) is 101 cm³/mol. The minimum Gasteiger partial charge on any atom is -0.331 e. The predicted octanol–water partition coefficient (Wildman–Crippen LogP) is 3.14. The number of hydrogen-bond acceptors (Lipinski definition) is 3. The Bertz CT molecular complexity index is 567. The van der Waals surface area contributed by atoms with Gasteiger partial charge in [0.15, 0.2) is 0 Å². The average Bonchev–Trinajstić information content (AvgIpc) is 2.90. The summed E-state index contributed by atoms with van der Waals surface area (Å²) in [5.74, 6) is 1.01. The lowest BCUT2D eigenvalue weighted by molar-refractivity contribution is 0.0622. The summed E-state index contributed by atoms with van der Waals surface area (Å²) >= 11 is 1.80. The van der Waals surface area contributed by atoms with Crippen molar-refractivity contribution in [2.24, 2.45) is 0 Å². The van der Waals surface area contributed by atoms with Crippen LogP contribution >= 0.6 is 11.8 Å². The molecule has 0 radical (unpaired) electrons. The highest BCUT2D eigenvalue weighted by Crippen LogP contribution is 2.45. The molecule has 24 heavy (non-hydrogen) atoms. The van der Waals surface area contributed by atoms with Gasteiger partial charge in [0.1, 0.15) is 0 Å². The standard InChI is InChI=1S/C19H29N3OS/c1-21(2)19(16-7-5-4-6-8-16)11-9-18(10-12-19)15-22(13-14-24-3)17(23)20-18/h4-8H,9-15H2,1-3H3,(H,20,23)/t18-,19-. The largest absolute Gasteiger partial charge is 0.331 e. The van der Waals surface area contributed by atoms with Gasteiger partial charge in [0.05, 0.1) is 5.54 Å². The monoisotopic (exact) mass is 347 g/mol. The van der Waals surface area contributed by atoms with E-state index in [2.05, 4.69) is 60.9 Å². The number of hydrogen-bond donors (Lipinski definition) is 1. The summed E-state index contributed by atoms with van der Waals surface area (Å²) in [4.78, 5) is 16.7. The highest BCUT2D eigenvalue weighted by Gasteiger charge is 2.49. The second-order valence-corrected chi connectivity index (χ2v) is 8.40. The normalized spacial score (nSPS) is 30.2. The molecule has 1 aliphatic heterocycles. The van der Waals surface area contributed by atoms with Gasteiger partial charge < -0.3 is 10.2 Å². The number of benzene rings is 1. The summed E-state index contributed by atoms with van der Waals surface area (Å²) in [6.07, 6.45) is 6.35. The van der Waals surface area contributed by atoms with Crippen molar-refractivity contribution in [2.75, 3.05) is 39.2 Å². The molecule has 1 saturated heterocycles. The van der Waals surface area contributed by atoms with Crippen LogP contribution in [0.2, 0.25) is 0 Å². The van der Waals surface area contributed by atoms with Crippen LogP contribution in [0, 0.1) is 0 Å². The van der Waals surface area contributed by atoms with E-state index in [0.717, 1.165) is 44.5 Å². The van der Waals surface area contributed by atoms with Crippen LogP contribution in [0.1, 0.15) is 31.2 Å². The second kappa shape index (κ2) is 6.96. The molecule has 1 heterocycles. The zero-order valence-electron chi connectivity index (χ0n) is 15.0. The summed E-state index contributed by atoms with van der Waals surface area (Å²) in [6, 6.07) is 11.0. The van der Waals surface area contributed by atoms with Crippen LogP contribution in [0.3, 0.4) is 0 Å². The van der Waals surface area contributed by atoms with E-state index in [1.807, 2.05) is 4.90 Å². The van der Waals surface area contributed by atoms with E-state index in [9.17, 15) is 4.79 Å². The van der Waals surface area contributed by atoms with Gasteiger partial charge in [0.25, 0.3) is 0 Å². The molecule has 5 heteroatoms. The van der Waals surface area contributed by atoms with Crippen molar-refractivity contribution in [1.29, 1.82) is 0 Å². The van der Waals surface area contributed by atoms with Gasteiger partial charge >= 0.3 is 6.03 Å². The van der Waals surface area contributed by atoms with E-state index < -0.39 is 0 Å². The Morgan fingerprint density at radius 2 is 1.83 bits per heavy atom. The molecule has 0 atom stereocenters. The summed E-state index contributed by atoms with van der Waals surface area (Å²) in [6.45, 7) is 1.72. The number of amides is 2. The molecule has 1 aromatic carbocycles. The summed E-state index contributed by atoms with van der Waals surface area (Å²) in [5, 5.41) is 3.32. The summed E-state index contributed by atoms with van der Waals surface area (Å²) in [7, 11) is 4.37. The van der Waals surface area contributed by atoms with Gasteiger partial charge in [-0.3, -0.25) is 4.90 Å². The Morgan fingerprint density at radius 3 is 2.42 bits per heavy atom. The van der Waals surface area contributed by atoms with E-state index in [1.165, 1.54) is 5.56 Å². The third-order valence-electron chi connectivity index (χ3n) is 5.92. The maximum absolute atomic E-state index is 12.3. The van der Waals surface area contributed by atoms with Gasteiger partial charge in [-0.1, -0.05) is 30.3 Å². The van der Waals surface area contributed by atoms with Crippen LogP contribution in [0.25, 0.3) is 0 Å². The average molecular weight is 348 g/mol. The molecule has 2 aliphatic rings. The molecule has 0 aromatic heterocycles. The van der Waals surface area contributed by atoms with Crippen LogP contribution in [-0.4, -0.2) is 60.6 Å². The Labute approximate surface area is 150 Å². The summed E-state index contributed by atoms with van der Waals surface area (Å²) in [5.41, 5.74) is 1.46. The van der Waals surface area contributed by atoms with Crippen LogP contribution < -0.4 is 5.32 Å². The molecular weight excluding hydrogens is 318 g/mol. The zero-order valence-corrected chi connectivity index (χ0v) is 15.9. The number of carbonyl (C=O) groups excluding carboxylic acids is 1. The maximum Gasteiger partial charge on any atom is 0.317 e. The molecular formula is C19H29N3OS. The molecule has 3 rings (SSSR count). The lowest BCUT2D eigenvalue weighted by Gasteiger charge is -2.48. The highest BCUT2D eigenvalue weighted by molar-refractivity contribution is 7.98. The van der Waals surface area contributed by atoms with Crippen LogP contribution in [0.15, 0.2) is 30.3 Å². The number of carbonyl (C=O) groups is 1. The van der Waals surface area contributed by atoms with Gasteiger partial charge in [-0.15, -0.1) is 0 Å². The highest BCUT2D eigenvalue weighted by atomic mass is 32.2. The number of nitrogens with one attached hydrogen (secondary N) is 1. The Hall–Kier alpha value is -1.20. The first-order chi connectivity index (χ1) is 11.5.